The van der Waals surface area contributed by atoms with Gasteiger partial charge in [0.05, 0.1) is 25.5 Å². The van der Waals surface area contributed by atoms with Gasteiger partial charge in [0.1, 0.15) is 17.7 Å². The summed E-state index contributed by atoms with van der Waals surface area (Å²) >= 11 is 5.97. The molecule has 3 aromatic rings. The number of carbonyl (C=O) groups is 1. The number of morpholine rings is 1. The molecule has 2 N–H and O–H groups in total. The first-order chi connectivity index (χ1) is 15.1. The molecule has 1 amide bonds. The summed E-state index contributed by atoms with van der Waals surface area (Å²) in [6, 6.07) is 12.7. The third kappa shape index (κ3) is 5.34. The molecule has 0 spiro atoms. The molecule has 3 heterocycles. The van der Waals surface area contributed by atoms with Crippen molar-refractivity contribution < 1.29 is 14.3 Å². The lowest BCUT2D eigenvalue weighted by molar-refractivity contribution is -0.0247. The number of aromatic nitrogens is 3. The van der Waals surface area contributed by atoms with E-state index in [1.165, 1.54) is 0 Å². The van der Waals surface area contributed by atoms with Crippen molar-refractivity contribution in [2.75, 3.05) is 38.7 Å². The molecule has 0 saturated carbocycles. The van der Waals surface area contributed by atoms with Crippen molar-refractivity contribution in [2.24, 2.45) is 0 Å². The van der Waals surface area contributed by atoms with E-state index >= 15 is 0 Å². The molecule has 162 valence electrons. The lowest BCUT2D eigenvalue weighted by Crippen LogP contribution is -2.42. The highest BCUT2D eigenvalue weighted by atomic mass is 35.5. The second-order valence-electron chi connectivity index (χ2n) is 7.16. The molecule has 2 aromatic heterocycles. The Bertz CT molecular complexity index is 1040. The first-order valence-corrected chi connectivity index (χ1v) is 10.5. The zero-order valence-corrected chi connectivity index (χ0v) is 17.9. The van der Waals surface area contributed by atoms with E-state index in [0.29, 0.717) is 49.1 Å². The van der Waals surface area contributed by atoms with Crippen LogP contribution in [0.3, 0.4) is 0 Å². The molecule has 4 rings (SSSR count). The predicted octanol–water partition coefficient (Wildman–Crippen LogP) is 3.34. The van der Waals surface area contributed by atoms with Crippen LogP contribution in [0, 0.1) is 0 Å². The van der Waals surface area contributed by atoms with Gasteiger partial charge in [0.15, 0.2) is 0 Å². The minimum absolute atomic E-state index is 0.0436. The van der Waals surface area contributed by atoms with Crippen LogP contribution in [0.1, 0.15) is 27.8 Å². The molecular weight excluding hydrogens is 418 g/mol. The van der Waals surface area contributed by atoms with E-state index < -0.39 is 0 Å². The number of ether oxygens (including phenoxy) is 2. The van der Waals surface area contributed by atoms with E-state index in [2.05, 4.69) is 20.5 Å². The Hall–Kier alpha value is -3.10. The van der Waals surface area contributed by atoms with Gasteiger partial charge in [0.25, 0.3) is 5.91 Å². The number of anilines is 1. The summed E-state index contributed by atoms with van der Waals surface area (Å²) in [5.74, 6) is 1.35. The van der Waals surface area contributed by atoms with Crippen molar-refractivity contribution in [3.63, 3.8) is 0 Å². The molecule has 31 heavy (non-hydrogen) atoms. The van der Waals surface area contributed by atoms with E-state index in [4.69, 9.17) is 21.1 Å². The standard InChI is InChI=1S/C22H24ClN5O3/c1-24-21-11-15(5-7-25-21)22(29)28-8-10-31-20(14-28)19-13-17(26-27-19)6-9-30-18-4-2-3-16(23)12-18/h2-5,7,11-13,20H,6,8-10,14H2,1H3,(H,24,25)(H,26,27). The largest absolute Gasteiger partial charge is 0.493 e. The van der Waals surface area contributed by atoms with Crippen LogP contribution in [-0.2, 0) is 11.2 Å². The number of nitrogens with zero attached hydrogens (tertiary/aromatic N) is 3. The molecule has 1 aliphatic rings. The first-order valence-electron chi connectivity index (χ1n) is 10.1. The Morgan fingerprint density at radius 3 is 3.10 bits per heavy atom. The van der Waals surface area contributed by atoms with E-state index in [1.807, 2.05) is 24.3 Å². The number of halogens is 1. The van der Waals surface area contributed by atoms with Gasteiger partial charge in [-0.1, -0.05) is 17.7 Å². The number of H-pyrrole nitrogens is 1. The van der Waals surface area contributed by atoms with Crippen LogP contribution in [0.5, 0.6) is 5.75 Å². The first kappa shape index (κ1) is 21.1. The highest BCUT2D eigenvalue weighted by molar-refractivity contribution is 6.30. The number of pyridine rings is 1. The van der Waals surface area contributed by atoms with Gasteiger partial charge in [-0.2, -0.15) is 5.10 Å². The van der Waals surface area contributed by atoms with Crippen LogP contribution in [-0.4, -0.2) is 59.3 Å². The number of benzene rings is 1. The predicted molar refractivity (Wildman–Crippen MR) is 118 cm³/mol. The van der Waals surface area contributed by atoms with E-state index in [1.54, 1.807) is 36.3 Å². The third-order valence-corrected chi connectivity index (χ3v) is 5.27. The number of nitrogens with one attached hydrogen (secondary N) is 2. The highest BCUT2D eigenvalue weighted by Crippen LogP contribution is 2.23. The normalized spacial score (nSPS) is 16.2. The van der Waals surface area contributed by atoms with Crippen molar-refractivity contribution in [1.82, 2.24) is 20.1 Å². The molecule has 1 unspecified atom stereocenters. The van der Waals surface area contributed by atoms with Gasteiger partial charge in [0.2, 0.25) is 0 Å². The van der Waals surface area contributed by atoms with Crippen LogP contribution >= 0.6 is 11.6 Å². The van der Waals surface area contributed by atoms with Crippen LogP contribution in [0.15, 0.2) is 48.7 Å². The Labute approximate surface area is 185 Å². The van der Waals surface area contributed by atoms with Crippen molar-refractivity contribution in [2.45, 2.75) is 12.5 Å². The fraction of sp³-hybridized carbons (Fsp3) is 0.318. The fourth-order valence-corrected chi connectivity index (χ4v) is 3.58. The third-order valence-electron chi connectivity index (χ3n) is 5.03. The fourth-order valence-electron chi connectivity index (χ4n) is 3.40. The second kappa shape index (κ2) is 9.80. The molecule has 1 aromatic carbocycles. The zero-order chi connectivity index (χ0) is 21.6. The Morgan fingerprint density at radius 1 is 1.35 bits per heavy atom. The topological polar surface area (TPSA) is 92.4 Å². The Kier molecular flexibility index (Phi) is 6.69. The van der Waals surface area contributed by atoms with Crippen LogP contribution in [0.4, 0.5) is 5.82 Å². The second-order valence-corrected chi connectivity index (χ2v) is 7.60. The zero-order valence-electron chi connectivity index (χ0n) is 17.2. The SMILES string of the molecule is CNc1cc(C(=O)N2CCOC(c3cc(CCOc4cccc(Cl)c4)[nH]n3)C2)ccn1. The van der Waals surface area contributed by atoms with E-state index in [-0.39, 0.29) is 12.0 Å². The number of hydrogen-bond acceptors (Lipinski definition) is 6. The minimum Gasteiger partial charge on any atom is -0.493 e. The average molecular weight is 442 g/mol. The van der Waals surface area contributed by atoms with Crippen LogP contribution < -0.4 is 10.1 Å². The van der Waals surface area contributed by atoms with Crippen LogP contribution in [0.2, 0.25) is 5.02 Å². The quantitative estimate of drug-likeness (QED) is 0.584. The summed E-state index contributed by atoms with van der Waals surface area (Å²) in [4.78, 5) is 18.9. The van der Waals surface area contributed by atoms with Gasteiger partial charge in [0, 0.05) is 42.5 Å². The van der Waals surface area contributed by atoms with Gasteiger partial charge >= 0.3 is 0 Å². The van der Waals surface area contributed by atoms with Gasteiger partial charge in [-0.3, -0.25) is 9.89 Å². The van der Waals surface area contributed by atoms with Gasteiger partial charge in [-0.15, -0.1) is 0 Å². The molecule has 0 aliphatic carbocycles. The van der Waals surface area contributed by atoms with Crippen molar-refractivity contribution >= 4 is 23.3 Å². The molecule has 1 aliphatic heterocycles. The molecule has 1 fully saturated rings. The Morgan fingerprint density at radius 2 is 2.26 bits per heavy atom. The molecule has 9 heteroatoms. The maximum Gasteiger partial charge on any atom is 0.254 e. The molecule has 8 nitrogen and oxygen atoms in total. The molecule has 0 bridgehead atoms. The van der Waals surface area contributed by atoms with E-state index in [9.17, 15) is 4.79 Å². The lowest BCUT2D eigenvalue weighted by atomic mass is 10.1. The van der Waals surface area contributed by atoms with Crippen molar-refractivity contribution in [3.8, 4) is 5.75 Å². The highest BCUT2D eigenvalue weighted by Gasteiger charge is 2.28. The molecular formula is C22H24ClN5O3. The molecule has 1 saturated heterocycles. The average Bonchev–Trinajstić information content (AvgIpc) is 3.28. The monoisotopic (exact) mass is 441 g/mol. The number of amides is 1. The maximum absolute atomic E-state index is 12.9. The maximum atomic E-state index is 12.9. The summed E-state index contributed by atoms with van der Waals surface area (Å²) in [7, 11) is 1.77. The van der Waals surface area contributed by atoms with Gasteiger partial charge in [-0.25, -0.2) is 4.98 Å². The van der Waals surface area contributed by atoms with Gasteiger partial charge in [-0.05, 0) is 36.4 Å². The van der Waals surface area contributed by atoms with Crippen molar-refractivity contribution in [3.05, 3.63) is 70.6 Å². The van der Waals surface area contributed by atoms with E-state index in [0.717, 1.165) is 17.1 Å². The smallest absolute Gasteiger partial charge is 0.254 e. The van der Waals surface area contributed by atoms with Crippen molar-refractivity contribution in [1.29, 1.82) is 0 Å². The number of hydrogen-bond donors (Lipinski definition) is 2. The summed E-state index contributed by atoms with van der Waals surface area (Å²) in [5, 5.41) is 11.0. The van der Waals surface area contributed by atoms with Crippen LogP contribution in [0.25, 0.3) is 0 Å². The number of aromatic amines is 1. The Balaban J connectivity index is 1.34. The molecule has 0 radical (unpaired) electrons. The minimum atomic E-state index is -0.276. The summed E-state index contributed by atoms with van der Waals surface area (Å²) in [6.07, 6.45) is 2.02. The van der Waals surface area contributed by atoms with Gasteiger partial charge < -0.3 is 19.7 Å². The summed E-state index contributed by atoms with van der Waals surface area (Å²) < 4.78 is 11.6. The number of carbonyl (C=O) groups excluding carboxylic acids is 1. The summed E-state index contributed by atoms with van der Waals surface area (Å²) in [6.45, 7) is 1.94. The lowest BCUT2D eigenvalue weighted by Gasteiger charge is -2.32. The summed E-state index contributed by atoms with van der Waals surface area (Å²) in [5.41, 5.74) is 2.32. The number of rotatable bonds is 7. The molecule has 1 atom stereocenters.